The van der Waals surface area contributed by atoms with Crippen LogP contribution in [-0.4, -0.2) is 29.9 Å². The molecule has 0 saturated heterocycles. The highest BCUT2D eigenvalue weighted by molar-refractivity contribution is 6.34. The molecule has 21 heavy (non-hydrogen) atoms. The quantitative estimate of drug-likeness (QED) is 0.691. The van der Waals surface area contributed by atoms with E-state index in [0.29, 0.717) is 28.5 Å². The maximum Gasteiger partial charge on any atom is 0.340 e. The van der Waals surface area contributed by atoms with E-state index < -0.39 is 5.97 Å². The second kappa shape index (κ2) is 6.05. The van der Waals surface area contributed by atoms with Crippen LogP contribution in [0.15, 0.2) is 24.5 Å². The molecule has 112 valence electrons. The molecular weight excluding hydrogens is 292 g/mol. The van der Waals surface area contributed by atoms with Crippen molar-refractivity contribution in [2.75, 3.05) is 24.8 Å². The highest BCUT2D eigenvalue weighted by Crippen LogP contribution is 2.33. The van der Waals surface area contributed by atoms with Crippen LogP contribution in [0.5, 0.6) is 0 Å². The van der Waals surface area contributed by atoms with Crippen molar-refractivity contribution in [2.45, 2.75) is 6.54 Å². The monoisotopic (exact) mass is 308 g/mol. The summed E-state index contributed by atoms with van der Waals surface area (Å²) in [5, 5.41) is 4.52. The zero-order valence-corrected chi connectivity index (χ0v) is 12.9. The van der Waals surface area contributed by atoms with Gasteiger partial charge in [-0.1, -0.05) is 11.6 Å². The molecule has 0 spiro atoms. The van der Waals surface area contributed by atoms with Gasteiger partial charge in [0.05, 0.1) is 29.6 Å². The summed E-state index contributed by atoms with van der Waals surface area (Å²) < 4.78 is 6.51. The van der Waals surface area contributed by atoms with Crippen LogP contribution in [0.2, 0.25) is 5.02 Å². The first-order valence-electron chi connectivity index (χ1n) is 6.28. The summed E-state index contributed by atoms with van der Waals surface area (Å²) in [6.07, 6.45) is 3.67. The average molecular weight is 309 g/mol. The molecule has 2 rings (SSSR count). The van der Waals surface area contributed by atoms with Gasteiger partial charge in [-0.15, -0.1) is 0 Å². The number of methoxy groups -OCH3 is 1. The van der Waals surface area contributed by atoms with E-state index in [1.54, 1.807) is 23.0 Å². The van der Waals surface area contributed by atoms with E-state index in [9.17, 15) is 4.79 Å². The van der Waals surface area contributed by atoms with Crippen molar-refractivity contribution >= 4 is 28.9 Å². The molecule has 0 aliphatic heterocycles. The third-order valence-electron chi connectivity index (χ3n) is 3.05. The number of nitrogens with zero attached hydrogens (tertiary/aromatic N) is 3. The van der Waals surface area contributed by atoms with Crippen molar-refractivity contribution in [1.82, 2.24) is 9.78 Å². The van der Waals surface area contributed by atoms with Crippen LogP contribution in [-0.2, 0) is 18.3 Å². The fourth-order valence-corrected chi connectivity index (χ4v) is 2.55. The lowest BCUT2D eigenvalue weighted by Crippen LogP contribution is -2.20. The van der Waals surface area contributed by atoms with Crippen molar-refractivity contribution in [2.24, 2.45) is 7.05 Å². The van der Waals surface area contributed by atoms with Crippen LogP contribution in [0, 0.1) is 0 Å². The Morgan fingerprint density at radius 1 is 1.52 bits per heavy atom. The van der Waals surface area contributed by atoms with Gasteiger partial charge in [-0.25, -0.2) is 4.79 Å². The molecule has 0 aliphatic carbocycles. The Morgan fingerprint density at radius 3 is 2.81 bits per heavy atom. The third kappa shape index (κ3) is 3.28. The molecule has 6 nitrogen and oxygen atoms in total. The van der Waals surface area contributed by atoms with Crippen LogP contribution in [0.1, 0.15) is 15.9 Å². The molecule has 0 amide bonds. The fraction of sp³-hybridized carbons (Fsp3) is 0.286. The van der Waals surface area contributed by atoms with Gasteiger partial charge in [0.2, 0.25) is 0 Å². The minimum Gasteiger partial charge on any atom is -0.465 e. The Hall–Kier alpha value is -2.21. The molecule has 0 aliphatic rings. The molecule has 0 radical (unpaired) electrons. The summed E-state index contributed by atoms with van der Waals surface area (Å²) in [4.78, 5) is 13.8. The number of aryl methyl sites for hydroxylation is 1. The lowest BCUT2D eigenvalue weighted by Gasteiger charge is -2.22. The average Bonchev–Trinajstić information content (AvgIpc) is 2.81. The number of rotatable bonds is 4. The SMILES string of the molecule is COC(=O)c1cc(N)cc(Cl)c1N(C)Cc1cnn(C)c1. The standard InChI is InChI=1S/C14H17ClN4O2/c1-18(7-9-6-17-19(2)8-9)13-11(14(20)21-3)4-10(16)5-12(13)15/h4-6,8H,7,16H2,1-3H3. The van der Waals surface area contributed by atoms with Crippen molar-refractivity contribution in [1.29, 1.82) is 0 Å². The largest absolute Gasteiger partial charge is 0.465 e. The number of carbonyl (C=O) groups excluding carboxylic acids is 1. The number of benzene rings is 1. The summed E-state index contributed by atoms with van der Waals surface area (Å²) in [6, 6.07) is 3.18. The molecule has 0 fully saturated rings. The first-order valence-corrected chi connectivity index (χ1v) is 6.66. The highest BCUT2D eigenvalue weighted by atomic mass is 35.5. The van der Waals surface area contributed by atoms with E-state index in [4.69, 9.17) is 22.1 Å². The van der Waals surface area contributed by atoms with Gasteiger partial charge in [0, 0.05) is 38.1 Å². The third-order valence-corrected chi connectivity index (χ3v) is 3.34. The van der Waals surface area contributed by atoms with Crippen LogP contribution in [0.4, 0.5) is 11.4 Å². The first-order chi connectivity index (χ1) is 9.92. The Labute approximate surface area is 128 Å². The normalized spacial score (nSPS) is 10.5. The molecule has 0 saturated carbocycles. The molecule has 0 bridgehead atoms. The molecule has 1 aromatic heterocycles. The number of hydrogen-bond acceptors (Lipinski definition) is 5. The zero-order chi connectivity index (χ0) is 15.6. The maximum atomic E-state index is 11.9. The number of esters is 1. The molecule has 0 unspecified atom stereocenters. The predicted octanol–water partition coefficient (Wildman–Crippen LogP) is 2.08. The number of nitrogens with two attached hydrogens (primary N) is 1. The van der Waals surface area contributed by atoms with E-state index in [0.717, 1.165) is 5.56 Å². The molecule has 7 heteroatoms. The Morgan fingerprint density at radius 2 is 2.24 bits per heavy atom. The van der Waals surface area contributed by atoms with Crippen LogP contribution < -0.4 is 10.6 Å². The number of ether oxygens (including phenoxy) is 1. The molecule has 1 aromatic carbocycles. The summed E-state index contributed by atoms with van der Waals surface area (Å²) in [5.74, 6) is -0.475. The summed E-state index contributed by atoms with van der Waals surface area (Å²) in [6.45, 7) is 0.557. The minimum absolute atomic E-state index is 0.342. The zero-order valence-electron chi connectivity index (χ0n) is 12.1. The number of nitrogen functional groups attached to an aromatic ring is 1. The van der Waals surface area contributed by atoms with Gasteiger partial charge >= 0.3 is 5.97 Å². The van der Waals surface area contributed by atoms with Crippen LogP contribution in [0.3, 0.4) is 0 Å². The fourth-order valence-electron chi connectivity index (χ4n) is 2.18. The summed E-state index contributed by atoms with van der Waals surface area (Å²) >= 11 is 6.25. The summed E-state index contributed by atoms with van der Waals surface area (Å²) in [5.41, 5.74) is 8.10. The molecule has 2 N–H and O–H groups in total. The predicted molar refractivity (Wildman–Crippen MR) is 82.5 cm³/mol. The van der Waals surface area contributed by atoms with E-state index in [1.807, 2.05) is 25.2 Å². The number of halogens is 1. The van der Waals surface area contributed by atoms with Gasteiger partial charge in [-0.2, -0.15) is 5.10 Å². The van der Waals surface area contributed by atoms with Crippen molar-refractivity contribution in [3.8, 4) is 0 Å². The lowest BCUT2D eigenvalue weighted by atomic mass is 10.1. The second-order valence-electron chi connectivity index (χ2n) is 4.77. The van der Waals surface area contributed by atoms with E-state index in [2.05, 4.69) is 5.10 Å². The van der Waals surface area contributed by atoms with Gasteiger partial charge in [0.15, 0.2) is 0 Å². The van der Waals surface area contributed by atoms with E-state index in [-0.39, 0.29) is 0 Å². The Bertz CT molecular complexity index is 669. The van der Waals surface area contributed by atoms with Gasteiger partial charge in [-0.05, 0) is 12.1 Å². The van der Waals surface area contributed by atoms with Gasteiger partial charge in [0.1, 0.15) is 0 Å². The minimum atomic E-state index is -0.475. The van der Waals surface area contributed by atoms with E-state index in [1.165, 1.54) is 7.11 Å². The van der Waals surface area contributed by atoms with Crippen molar-refractivity contribution in [3.05, 3.63) is 40.7 Å². The van der Waals surface area contributed by atoms with Gasteiger partial charge in [0.25, 0.3) is 0 Å². The van der Waals surface area contributed by atoms with Crippen LogP contribution >= 0.6 is 11.6 Å². The van der Waals surface area contributed by atoms with Crippen molar-refractivity contribution < 1.29 is 9.53 Å². The molecular formula is C14H17ClN4O2. The van der Waals surface area contributed by atoms with Gasteiger partial charge < -0.3 is 15.4 Å². The number of carbonyl (C=O) groups is 1. The second-order valence-corrected chi connectivity index (χ2v) is 5.18. The van der Waals surface area contributed by atoms with Gasteiger partial charge in [-0.3, -0.25) is 4.68 Å². The molecule has 0 atom stereocenters. The topological polar surface area (TPSA) is 73.4 Å². The Balaban J connectivity index is 2.39. The molecule has 2 aromatic rings. The Kier molecular flexibility index (Phi) is 4.37. The number of anilines is 2. The number of hydrogen-bond donors (Lipinski definition) is 1. The first kappa shape index (κ1) is 15.2. The van der Waals surface area contributed by atoms with Crippen LogP contribution in [0.25, 0.3) is 0 Å². The smallest absolute Gasteiger partial charge is 0.340 e. The number of aromatic nitrogens is 2. The lowest BCUT2D eigenvalue weighted by molar-refractivity contribution is 0.0601. The highest BCUT2D eigenvalue weighted by Gasteiger charge is 2.19. The summed E-state index contributed by atoms with van der Waals surface area (Å²) in [7, 11) is 5.01. The van der Waals surface area contributed by atoms with E-state index >= 15 is 0 Å². The maximum absolute atomic E-state index is 11.9. The molecule has 1 heterocycles. The van der Waals surface area contributed by atoms with Crippen molar-refractivity contribution in [3.63, 3.8) is 0 Å².